The van der Waals surface area contributed by atoms with Gasteiger partial charge in [0.2, 0.25) is 11.8 Å². The number of hydrogen-bond acceptors (Lipinski definition) is 4. The summed E-state index contributed by atoms with van der Waals surface area (Å²) in [4.78, 5) is 32.6. The first-order chi connectivity index (χ1) is 16.0. The Morgan fingerprint density at radius 3 is 2.42 bits per heavy atom. The first-order valence-electron chi connectivity index (χ1n) is 11.7. The van der Waals surface area contributed by atoms with Gasteiger partial charge >= 0.3 is 0 Å². The van der Waals surface area contributed by atoms with E-state index in [1.807, 2.05) is 64.9 Å². The molecule has 1 aliphatic rings. The Morgan fingerprint density at radius 2 is 1.73 bits per heavy atom. The Balaban J connectivity index is 1.51. The third-order valence-corrected chi connectivity index (χ3v) is 6.22. The number of carbonyl (C=O) groups is 2. The van der Waals surface area contributed by atoms with Crippen LogP contribution in [0.15, 0.2) is 48.5 Å². The molecule has 2 amide bonds. The van der Waals surface area contributed by atoms with Crippen molar-refractivity contribution in [2.45, 2.75) is 51.6 Å². The molecule has 3 aromatic rings. The van der Waals surface area contributed by atoms with Gasteiger partial charge in [-0.15, -0.1) is 0 Å². The van der Waals surface area contributed by atoms with Crippen LogP contribution in [0.25, 0.3) is 11.0 Å². The average Bonchev–Trinajstić information content (AvgIpc) is 2.98. The molecule has 1 fully saturated rings. The van der Waals surface area contributed by atoms with Crippen molar-refractivity contribution in [2.75, 3.05) is 20.2 Å². The minimum absolute atomic E-state index is 0.0925. The molecule has 2 heterocycles. The van der Waals surface area contributed by atoms with E-state index < -0.39 is 0 Å². The van der Waals surface area contributed by atoms with Crippen LogP contribution in [-0.4, -0.2) is 46.5 Å². The highest BCUT2D eigenvalue weighted by Gasteiger charge is 2.22. The number of nitrogens with one attached hydrogen (secondary N) is 1. The Labute approximate surface area is 194 Å². The summed E-state index contributed by atoms with van der Waals surface area (Å²) in [5.74, 6) is 1.47. The number of rotatable bonds is 7. The quantitative estimate of drug-likeness (QED) is 0.595. The second-order valence-corrected chi connectivity index (χ2v) is 8.65. The highest BCUT2D eigenvalue weighted by Crippen LogP contribution is 2.22. The third-order valence-electron chi connectivity index (χ3n) is 6.22. The van der Waals surface area contributed by atoms with Gasteiger partial charge in [0, 0.05) is 13.1 Å². The molecule has 0 spiro atoms. The fourth-order valence-corrected chi connectivity index (χ4v) is 4.43. The van der Waals surface area contributed by atoms with Gasteiger partial charge in [0.25, 0.3) is 0 Å². The van der Waals surface area contributed by atoms with Crippen molar-refractivity contribution in [3.63, 3.8) is 0 Å². The minimum Gasteiger partial charge on any atom is -0.497 e. The molecule has 2 aromatic carbocycles. The van der Waals surface area contributed by atoms with E-state index in [1.54, 1.807) is 7.11 Å². The molecule has 7 heteroatoms. The molecular weight excluding hydrogens is 416 g/mol. The molecule has 1 saturated heterocycles. The van der Waals surface area contributed by atoms with Gasteiger partial charge in [0.1, 0.15) is 18.1 Å². The molecule has 1 atom stereocenters. The molecule has 1 aromatic heterocycles. The van der Waals surface area contributed by atoms with E-state index >= 15 is 0 Å². The number of benzene rings is 2. The number of aromatic nitrogens is 2. The fourth-order valence-electron chi connectivity index (χ4n) is 4.43. The number of methoxy groups -OCH3 is 1. The standard InChI is InChI=1S/C26H32N4O3/c1-19(27-24(31)17-20-11-13-21(33-2)14-12-20)26-28-22-9-5-6-10-23(22)30(26)18-25(32)29-15-7-3-4-8-16-29/h5-6,9-14,19H,3-4,7-8,15-18H2,1-2H3,(H,27,31). The Bertz CT molecular complexity index is 1100. The number of carbonyl (C=O) groups excluding carboxylic acids is 2. The first kappa shape index (κ1) is 22.8. The monoisotopic (exact) mass is 448 g/mol. The van der Waals surface area contributed by atoms with Crippen LogP contribution in [0.4, 0.5) is 0 Å². The van der Waals surface area contributed by atoms with Gasteiger partial charge in [0.05, 0.1) is 30.6 Å². The van der Waals surface area contributed by atoms with Gasteiger partial charge in [0.15, 0.2) is 0 Å². The van der Waals surface area contributed by atoms with Crippen LogP contribution in [0.3, 0.4) is 0 Å². The number of fused-ring (bicyclic) bond motifs is 1. The van der Waals surface area contributed by atoms with E-state index in [0.717, 1.165) is 48.3 Å². The first-order valence-corrected chi connectivity index (χ1v) is 11.7. The second kappa shape index (κ2) is 10.5. The van der Waals surface area contributed by atoms with E-state index in [2.05, 4.69) is 5.32 Å². The average molecular weight is 449 g/mol. The molecule has 33 heavy (non-hydrogen) atoms. The van der Waals surface area contributed by atoms with E-state index in [9.17, 15) is 9.59 Å². The van der Waals surface area contributed by atoms with Crippen LogP contribution >= 0.6 is 0 Å². The van der Waals surface area contributed by atoms with E-state index in [-0.39, 0.29) is 30.8 Å². The molecule has 174 valence electrons. The summed E-state index contributed by atoms with van der Waals surface area (Å²) in [6.07, 6.45) is 4.74. The van der Waals surface area contributed by atoms with Crippen LogP contribution in [0, 0.1) is 0 Å². The molecule has 1 aliphatic heterocycles. The van der Waals surface area contributed by atoms with Crippen LogP contribution < -0.4 is 10.1 Å². The van der Waals surface area contributed by atoms with Gasteiger partial charge in [-0.1, -0.05) is 37.1 Å². The Hall–Kier alpha value is -3.35. The van der Waals surface area contributed by atoms with Crippen LogP contribution in [0.2, 0.25) is 0 Å². The summed E-state index contributed by atoms with van der Waals surface area (Å²) in [6, 6.07) is 14.9. The van der Waals surface area contributed by atoms with Crippen molar-refractivity contribution in [2.24, 2.45) is 0 Å². The van der Waals surface area contributed by atoms with Crippen molar-refractivity contribution in [3.05, 3.63) is 59.9 Å². The molecule has 0 bridgehead atoms. The number of hydrogen-bond donors (Lipinski definition) is 1. The smallest absolute Gasteiger partial charge is 0.242 e. The zero-order valence-corrected chi connectivity index (χ0v) is 19.4. The summed E-state index contributed by atoms with van der Waals surface area (Å²) in [7, 11) is 1.62. The Morgan fingerprint density at radius 1 is 1.03 bits per heavy atom. The highest BCUT2D eigenvalue weighted by atomic mass is 16.5. The largest absolute Gasteiger partial charge is 0.497 e. The molecule has 7 nitrogen and oxygen atoms in total. The van der Waals surface area contributed by atoms with Gasteiger partial charge < -0.3 is 19.5 Å². The lowest BCUT2D eigenvalue weighted by atomic mass is 10.1. The van der Waals surface area contributed by atoms with Crippen molar-refractivity contribution in [3.8, 4) is 5.75 Å². The number of imidazole rings is 1. The number of nitrogens with zero attached hydrogens (tertiary/aromatic N) is 3. The number of ether oxygens (including phenoxy) is 1. The zero-order chi connectivity index (χ0) is 23.2. The summed E-state index contributed by atoms with van der Waals surface area (Å²) >= 11 is 0. The zero-order valence-electron chi connectivity index (χ0n) is 19.4. The van der Waals surface area contributed by atoms with Gasteiger partial charge in [-0.05, 0) is 49.6 Å². The van der Waals surface area contributed by atoms with E-state index in [0.29, 0.717) is 5.82 Å². The SMILES string of the molecule is COc1ccc(CC(=O)NC(C)c2nc3ccccc3n2CC(=O)N2CCCCCC2)cc1. The fraction of sp³-hybridized carbons (Fsp3) is 0.423. The summed E-state index contributed by atoms with van der Waals surface area (Å²) in [6.45, 7) is 3.78. The maximum Gasteiger partial charge on any atom is 0.242 e. The van der Waals surface area contributed by atoms with Crippen LogP contribution in [0.5, 0.6) is 5.75 Å². The molecule has 1 N–H and O–H groups in total. The van der Waals surface area contributed by atoms with Crippen molar-refractivity contribution < 1.29 is 14.3 Å². The molecular formula is C26H32N4O3. The predicted octanol–water partition coefficient (Wildman–Crippen LogP) is 3.87. The summed E-state index contributed by atoms with van der Waals surface area (Å²) in [5.41, 5.74) is 2.64. The minimum atomic E-state index is -0.333. The molecule has 0 saturated carbocycles. The van der Waals surface area contributed by atoms with Crippen molar-refractivity contribution in [1.29, 1.82) is 0 Å². The molecule has 0 radical (unpaired) electrons. The Kier molecular flexibility index (Phi) is 7.27. The summed E-state index contributed by atoms with van der Waals surface area (Å²) < 4.78 is 7.14. The van der Waals surface area contributed by atoms with Crippen LogP contribution in [-0.2, 0) is 22.6 Å². The maximum atomic E-state index is 13.1. The third kappa shape index (κ3) is 5.53. The maximum absolute atomic E-state index is 13.1. The lowest BCUT2D eigenvalue weighted by Crippen LogP contribution is -2.36. The van der Waals surface area contributed by atoms with E-state index in [1.165, 1.54) is 12.8 Å². The van der Waals surface area contributed by atoms with Gasteiger partial charge in [-0.2, -0.15) is 0 Å². The van der Waals surface area contributed by atoms with Crippen molar-refractivity contribution in [1.82, 2.24) is 19.8 Å². The number of likely N-dealkylation sites (tertiary alicyclic amines) is 1. The highest BCUT2D eigenvalue weighted by molar-refractivity contribution is 5.82. The normalized spacial score (nSPS) is 15.2. The van der Waals surface area contributed by atoms with Gasteiger partial charge in [-0.25, -0.2) is 4.98 Å². The lowest BCUT2D eigenvalue weighted by Gasteiger charge is -2.22. The van der Waals surface area contributed by atoms with Gasteiger partial charge in [-0.3, -0.25) is 9.59 Å². The molecule has 1 unspecified atom stereocenters. The summed E-state index contributed by atoms with van der Waals surface area (Å²) in [5, 5.41) is 3.06. The number of amides is 2. The van der Waals surface area contributed by atoms with Crippen molar-refractivity contribution >= 4 is 22.8 Å². The topological polar surface area (TPSA) is 76.5 Å². The predicted molar refractivity (Wildman–Crippen MR) is 128 cm³/mol. The van der Waals surface area contributed by atoms with E-state index in [4.69, 9.17) is 9.72 Å². The van der Waals surface area contributed by atoms with Crippen LogP contribution in [0.1, 0.15) is 50.0 Å². The molecule has 0 aliphatic carbocycles. The lowest BCUT2D eigenvalue weighted by molar-refractivity contribution is -0.131. The molecule has 4 rings (SSSR count). The number of para-hydroxylation sites is 2. The second-order valence-electron chi connectivity index (χ2n) is 8.65.